The molecule has 0 saturated carbocycles. The van der Waals surface area contributed by atoms with Gasteiger partial charge in [0.05, 0.1) is 17.2 Å². The maximum Gasteiger partial charge on any atom is 0.261 e. The summed E-state index contributed by atoms with van der Waals surface area (Å²) in [5, 5.41) is 4.61. The van der Waals surface area contributed by atoms with Gasteiger partial charge in [0.15, 0.2) is 0 Å². The molecule has 2 aromatic carbocycles. The van der Waals surface area contributed by atoms with Gasteiger partial charge in [0.2, 0.25) is 5.91 Å². The monoisotopic (exact) mass is 402 g/mol. The topological polar surface area (TPSA) is 68.9 Å². The van der Waals surface area contributed by atoms with Crippen LogP contribution in [-0.4, -0.2) is 20.0 Å². The quantitative estimate of drug-likeness (QED) is 0.521. The largest absolute Gasteiger partial charge is 0.347 e. The molecule has 1 N–H and O–H groups in total. The molecule has 2 aromatic heterocycles. The lowest BCUT2D eigenvalue weighted by molar-refractivity contribution is -0.116. The van der Waals surface area contributed by atoms with Crippen molar-refractivity contribution in [3.05, 3.63) is 70.9 Å². The van der Waals surface area contributed by atoms with Crippen molar-refractivity contribution in [1.82, 2.24) is 14.1 Å². The van der Waals surface area contributed by atoms with Gasteiger partial charge in [-0.3, -0.25) is 14.2 Å². The molecule has 4 rings (SSSR count). The first kappa shape index (κ1) is 19.9. The normalized spacial score (nSPS) is 11.5. The predicted octanol–water partition coefficient (Wildman–Crippen LogP) is 4.34. The van der Waals surface area contributed by atoms with Crippen LogP contribution in [0.4, 0.5) is 5.69 Å². The number of benzene rings is 2. The Morgan fingerprint density at radius 3 is 2.77 bits per heavy atom. The fourth-order valence-electron chi connectivity index (χ4n) is 3.77. The van der Waals surface area contributed by atoms with Gasteiger partial charge < -0.3 is 9.88 Å². The van der Waals surface area contributed by atoms with E-state index in [2.05, 4.69) is 41.0 Å². The number of nitrogens with one attached hydrogen (secondary N) is 1. The number of amides is 1. The minimum absolute atomic E-state index is 0.121. The average Bonchev–Trinajstić information content (AvgIpc) is 3.09. The SMILES string of the molecule is Cc1cccc2c(=O)n(CCC(=O)Nc3ccc4c(ccn4CC(C)C)c3)cnc12. The number of anilines is 1. The Hall–Kier alpha value is -3.41. The van der Waals surface area contributed by atoms with E-state index in [1.165, 1.54) is 10.9 Å². The number of carbonyl (C=O) groups is 1. The molecule has 0 aliphatic carbocycles. The zero-order valence-electron chi connectivity index (χ0n) is 17.6. The van der Waals surface area contributed by atoms with Crippen LogP contribution in [0.3, 0.4) is 0 Å². The molecule has 0 fully saturated rings. The third-order valence-electron chi connectivity index (χ3n) is 5.25. The van der Waals surface area contributed by atoms with E-state index in [9.17, 15) is 9.59 Å². The summed E-state index contributed by atoms with van der Waals surface area (Å²) in [6, 6.07) is 13.6. The molecule has 0 unspecified atom stereocenters. The molecule has 0 spiro atoms. The fourth-order valence-corrected chi connectivity index (χ4v) is 3.77. The van der Waals surface area contributed by atoms with E-state index in [1.54, 1.807) is 6.07 Å². The lowest BCUT2D eigenvalue weighted by Crippen LogP contribution is -2.23. The van der Waals surface area contributed by atoms with Crippen molar-refractivity contribution in [3.8, 4) is 0 Å². The van der Waals surface area contributed by atoms with Gasteiger partial charge in [0.1, 0.15) is 0 Å². The van der Waals surface area contributed by atoms with Crippen LogP contribution in [0, 0.1) is 12.8 Å². The minimum Gasteiger partial charge on any atom is -0.347 e. The van der Waals surface area contributed by atoms with Gasteiger partial charge in [-0.15, -0.1) is 0 Å². The van der Waals surface area contributed by atoms with Crippen molar-refractivity contribution in [2.45, 2.75) is 40.3 Å². The second-order valence-electron chi connectivity index (χ2n) is 8.15. The van der Waals surface area contributed by atoms with E-state index in [4.69, 9.17) is 0 Å². The number of aromatic nitrogens is 3. The smallest absolute Gasteiger partial charge is 0.261 e. The highest BCUT2D eigenvalue weighted by Crippen LogP contribution is 2.21. The van der Waals surface area contributed by atoms with Crippen LogP contribution in [0.25, 0.3) is 21.8 Å². The van der Waals surface area contributed by atoms with Crippen molar-refractivity contribution in [2.75, 3.05) is 5.32 Å². The van der Waals surface area contributed by atoms with Crippen LogP contribution in [0.5, 0.6) is 0 Å². The van der Waals surface area contributed by atoms with E-state index in [1.807, 2.05) is 37.3 Å². The first-order chi connectivity index (χ1) is 14.4. The third-order valence-corrected chi connectivity index (χ3v) is 5.25. The molecule has 0 bridgehead atoms. The predicted molar refractivity (Wildman–Crippen MR) is 121 cm³/mol. The summed E-state index contributed by atoms with van der Waals surface area (Å²) in [6.07, 6.45) is 3.80. The van der Waals surface area contributed by atoms with E-state index in [0.717, 1.165) is 28.7 Å². The molecular formula is C24H26N4O2. The third kappa shape index (κ3) is 3.99. The van der Waals surface area contributed by atoms with Crippen molar-refractivity contribution in [3.63, 3.8) is 0 Å². The maximum atomic E-state index is 12.7. The molecule has 0 radical (unpaired) electrons. The molecule has 0 atom stereocenters. The highest BCUT2D eigenvalue weighted by Gasteiger charge is 2.09. The molecule has 4 aromatic rings. The lowest BCUT2D eigenvalue weighted by atomic mass is 10.1. The maximum absolute atomic E-state index is 12.7. The number of para-hydroxylation sites is 1. The van der Waals surface area contributed by atoms with Crippen LogP contribution >= 0.6 is 0 Å². The average molecular weight is 402 g/mol. The summed E-state index contributed by atoms with van der Waals surface area (Å²) in [4.78, 5) is 29.5. The van der Waals surface area contributed by atoms with E-state index in [0.29, 0.717) is 16.8 Å². The van der Waals surface area contributed by atoms with Crippen molar-refractivity contribution in [2.24, 2.45) is 5.92 Å². The summed E-state index contributed by atoms with van der Waals surface area (Å²) < 4.78 is 3.73. The van der Waals surface area contributed by atoms with Crippen LogP contribution in [-0.2, 0) is 17.9 Å². The zero-order chi connectivity index (χ0) is 21.3. The number of rotatable bonds is 6. The summed E-state index contributed by atoms with van der Waals surface area (Å²) in [6.45, 7) is 7.56. The number of carbonyl (C=O) groups excluding carboxylic acids is 1. The van der Waals surface area contributed by atoms with Gasteiger partial charge >= 0.3 is 0 Å². The first-order valence-electron chi connectivity index (χ1n) is 10.3. The summed E-state index contributed by atoms with van der Waals surface area (Å²) in [5.74, 6) is 0.434. The Morgan fingerprint density at radius 1 is 1.13 bits per heavy atom. The van der Waals surface area contributed by atoms with E-state index < -0.39 is 0 Å². The molecule has 0 aliphatic rings. The Morgan fingerprint density at radius 2 is 1.97 bits per heavy atom. The van der Waals surface area contributed by atoms with Crippen molar-refractivity contribution < 1.29 is 4.79 Å². The molecule has 6 nitrogen and oxygen atoms in total. The Labute approximate surface area is 175 Å². The number of hydrogen-bond acceptors (Lipinski definition) is 3. The number of aryl methyl sites for hydroxylation is 2. The van der Waals surface area contributed by atoms with Gasteiger partial charge in [-0.05, 0) is 48.7 Å². The first-order valence-corrected chi connectivity index (χ1v) is 10.3. The Balaban J connectivity index is 1.44. The molecular weight excluding hydrogens is 376 g/mol. The number of fused-ring (bicyclic) bond motifs is 2. The van der Waals surface area contributed by atoms with Gasteiger partial charge in [-0.25, -0.2) is 4.98 Å². The van der Waals surface area contributed by atoms with Crippen LogP contribution in [0.1, 0.15) is 25.8 Å². The van der Waals surface area contributed by atoms with E-state index in [-0.39, 0.29) is 24.4 Å². The summed E-state index contributed by atoms with van der Waals surface area (Å²) in [5.41, 5.74) is 3.47. The fraction of sp³-hybridized carbons (Fsp3) is 0.292. The summed E-state index contributed by atoms with van der Waals surface area (Å²) in [7, 11) is 0. The minimum atomic E-state index is -0.132. The lowest BCUT2D eigenvalue weighted by Gasteiger charge is -2.10. The second-order valence-corrected chi connectivity index (χ2v) is 8.15. The molecule has 2 heterocycles. The Bertz CT molecular complexity index is 1280. The van der Waals surface area contributed by atoms with Crippen molar-refractivity contribution in [1.29, 1.82) is 0 Å². The zero-order valence-corrected chi connectivity index (χ0v) is 17.6. The van der Waals surface area contributed by atoms with E-state index >= 15 is 0 Å². The second kappa shape index (κ2) is 8.14. The molecule has 0 saturated heterocycles. The van der Waals surface area contributed by atoms with Crippen molar-refractivity contribution >= 4 is 33.4 Å². The van der Waals surface area contributed by atoms with Crippen LogP contribution in [0.2, 0.25) is 0 Å². The molecule has 154 valence electrons. The van der Waals surface area contributed by atoms with Crippen LogP contribution < -0.4 is 10.9 Å². The summed E-state index contributed by atoms with van der Waals surface area (Å²) >= 11 is 0. The van der Waals surface area contributed by atoms with Crippen LogP contribution in [0.15, 0.2) is 59.8 Å². The highest BCUT2D eigenvalue weighted by atomic mass is 16.1. The molecule has 30 heavy (non-hydrogen) atoms. The Kier molecular flexibility index (Phi) is 5.40. The number of hydrogen-bond donors (Lipinski definition) is 1. The highest BCUT2D eigenvalue weighted by molar-refractivity contribution is 5.94. The molecule has 1 amide bonds. The van der Waals surface area contributed by atoms with Gasteiger partial charge in [0.25, 0.3) is 5.56 Å². The molecule has 6 heteroatoms. The number of nitrogens with zero attached hydrogens (tertiary/aromatic N) is 3. The van der Waals surface area contributed by atoms with Gasteiger partial charge in [0, 0.05) is 42.3 Å². The standard InChI is InChI=1S/C24H26N4O2/c1-16(2)14-27-11-9-18-13-19(7-8-21(18)27)26-22(29)10-12-28-15-25-23-17(3)5-4-6-20(23)24(28)30/h4-9,11,13,15-16H,10,12,14H2,1-3H3,(H,26,29). The van der Waals surface area contributed by atoms with Gasteiger partial charge in [-0.2, -0.15) is 0 Å². The molecule has 0 aliphatic heterocycles. The van der Waals surface area contributed by atoms with Gasteiger partial charge in [-0.1, -0.05) is 26.0 Å².